The van der Waals surface area contributed by atoms with E-state index in [1.54, 1.807) is 13.8 Å². The Morgan fingerprint density at radius 1 is 1.05 bits per heavy atom. The Kier molecular flexibility index (Phi) is 7.43. The molecule has 20 heavy (non-hydrogen) atoms. The van der Waals surface area contributed by atoms with Gasteiger partial charge in [-0.15, -0.1) is 0 Å². The van der Waals surface area contributed by atoms with Crippen LogP contribution in [0.25, 0.3) is 0 Å². The molecule has 0 fully saturated rings. The van der Waals surface area contributed by atoms with Gasteiger partial charge in [0.1, 0.15) is 25.6 Å². The average molecular weight is 313 g/mol. The van der Waals surface area contributed by atoms with E-state index in [2.05, 4.69) is 0 Å². The summed E-state index contributed by atoms with van der Waals surface area (Å²) in [7, 11) is 0. The van der Waals surface area contributed by atoms with Gasteiger partial charge in [0.25, 0.3) is 0 Å². The van der Waals surface area contributed by atoms with Crippen LogP contribution < -0.4 is 10.5 Å². The van der Waals surface area contributed by atoms with E-state index >= 15 is 0 Å². The molecule has 1 aromatic rings. The summed E-state index contributed by atoms with van der Waals surface area (Å²) in [5.74, 6) is 0.749. The van der Waals surface area contributed by atoms with Crippen molar-refractivity contribution in [3.05, 3.63) is 29.3 Å². The molecule has 0 unspecified atom stereocenters. The molecule has 0 radical (unpaired) electrons. The van der Waals surface area contributed by atoms with Gasteiger partial charge in [-0.2, -0.15) is 0 Å². The molecule has 0 saturated carbocycles. The van der Waals surface area contributed by atoms with E-state index in [0.29, 0.717) is 36.5 Å². The first kappa shape index (κ1) is 16.8. The number of nitrogens with two attached hydrogens (primary N) is 1. The van der Waals surface area contributed by atoms with Gasteiger partial charge in [-0.05, 0) is 47.7 Å². The SMILES string of the molecule is CC(=S)OCc1ccc(OCCN)cc1COC(C)=S. The van der Waals surface area contributed by atoms with Crippen LogP contribution in [-0.4, -0.2) is 23.3 Å². The lowest BCUT2D eigenvalue weighted by molar-refractivity contribution is 0.275. The summed E-state index contributed by atoms with van der Waals surface area (Å²) in [6.07, 6.45) is 0. The lowest BCUT2D eigenvalue weighted by Crippen LogP contribution is -2.11. The van der Waals surface area contributed by atoms with Crippen molar-refractivity contribution >= 4 is 34.5 Å². The van der Waals surface area contributed by atoms with Crippen molar-refractivity contribution in [1.82, 2.24) is 0 Å². The predicted octanol–water partition coefficient (Wildman–Crippen LogP) is 2.75. The van der Waals surface area contributed by atoms with E-state index < -0.39 is 0 Å². The molecule has 2 N–H and O–H groups in total. The number of thiocarbonyl (C=S) groups is 2. The first-order valence-electron chi connectivity index (χ1n) is 6.24. The van der Waals surface area contributed by atoms with Crippen molar-refractivity contribution in [2.75, 3.05) is 13.2 Å². The highest BCUT2D eigenvalue weighted by Gasteiger charge is 2.07. The maximum absolute atomic E-state index is 5.50. The summed E-state index contributed by atoms with van der Waals surface area (Å²) in [6.45, 7) is 5.21. The lowest BCUT2D eigenvalue weighted by atomic mass is 10.1. The van der Waals surface area contributed by atoms with Gasteiger partial charge >= 0.3 is 0 Å². The van der Waals surface area contributed by atoms with E-state index in [-0.39, 0.29) is 0 Å². The molecule has 1 rings (SSSR count). The fraction of sp³-hybridized carbons (Fsp3) is 0.429. The highest BCUT2D eigenvalue weighted by atomic mass is 32.1. The zero-order valence-electron chi connectivity index (χ0n) is 11.7. The van der Waals surface area contributed by atoms with Crippen LogP contribution in [0.3, 0.4) is 0 Å². The van der Waals surface area contributed by atoms with Crippen LogP contribution in [0.4, 0.5) is 0 Å². The minimum absolute atomic E-state index is 0.379. The second-order valence-corrected chi connectivity index (χ2v) is 5.28. The summed E-state index contributed by atoms with van der Waals surface area (Å²) < 4.78 is 16.3. The van der Waals surface area contributed by atoms with E-state index in [1.807, 2.05) is 18.2 Å². The normalized spacial score (nSPS) is 9.95. The molecule has 0 amide bonds. The van der Waals surface area contributed by atoms with Gasteiger partial charge in [-0.3, -0.25) is 0 Å². The first-order chi connectivity index (χ1) is 9.52. The van der Waals surface area contributed by atoms with Gasteiger partial charge < -0.3 is 19.9 Å². The quantitative estimate of drug-likeness (QED) is 0.781. The molecule has 0 aromatic heterocycles. The van der Waals surface area contributed by atoms with Crippen LogP contribution in [0.5, 0.6) is 5.75 Å². The maximum atomic E-state index is 5.50. The van der Waals surface area contributed by atoms with Crippen LogP contribution in [0.1, 0.15) is 25.0 Å². The van der Waals surface area contributed by atoms with E-state index in [4.69, 9.17) is 44.4 Å². The van der Waals surface area contributed by atoms with Gasteiger partial charge in [0.2, 0.25) is 0 Å². The summed E-state index contributed by atoms with van der Waals surface area (Å²) in [4.78, 5) is 0. The topological polar surface area (TPSA) is 53.7 Å². The van der Waals surface area contributed by atoms with Crippen molar-refractivity contribution < 1.29 is 14.2 Å². The summed E-state index contributed by atoms with van der Waals surface area (Å²) in [5.41, 5.74) is 7.37. The van der Waals surface area contributed by atoms with E-state index in [1.165, 1.54) is 0 Å². The molecule has 0 aliphatic heterocycles. The van der Waals surface area contributed by atoms with Gasteiger partial charge in [-0.25, -0.2) is 0 Å². The fourth-order valence-electron chi connectivity index (χ4n) is 1.50. The van der Waals surface area contributed by atoms with Crippen LogP contribution in [0.15, 0.2) is 18.2 Å². The molecule has 0 atom stereocenters. The number of ether oxygens (including phenoxy) is 3. The van der Waals surface area contributed by atoms with Crippen molar-refractivity contribution in [2.45, 2.75) is 27.1 Å². The molecule has 0 aliphatic carbocycles. The van der Waals surface area contributed by atoms with E-state index in [9.17, 15) is 0 Å². The fourth-order valence-corrected chi connectivity index (χ4v) is 1.62. The Hall–Kier alpha value is -1.24. The number of rotatable bonds is 7. The van der Waals surface area contributed by atoms with Crippen molar-refractivity contribution in [2.24, 2.45) is 5.73 Å². The van der Waals surface area contributed by atoms with Crippen molar-refractivity contribution in [3.8, 4) is 5.75 Å². The molecule has 110 valence electrons. The molecule has 1 aromatic carbocycles. The highest BCUT2D eigenvalue weighted by molar-refractivity contribution is 7.80. The summed E-state index contributed by atoms with van der Waals surface area (Å²) >= 11 is 9.84. The number of benzene rings is 1. The smallest absolute Gasteiger partial charge is 0.157 e. The summed E-state index contributed by atoms with van der Waals surface area (Å²) in [6, 6.07) is 5.72. The Bertz CT molecular complexity index is 477. The van der Waals surface area contributed by atoms with Gasteiger partial charge in [0.05, 0.1) is 0 Å². The monoisotopic (exact) mass is 313 g/mol. The van der Waals surface area contributed by atoms with Gasteiger partial charge in [0, 0.05) is 20.4 Å². The zero-order chi connectivity index (χ0) is 15.0. The second kappa shape index (κ2) is 8.84. The molecule has 0 heterocycles. The third-order valence-electron chi connectivity index (χ3n) is 2.43. The van der Waals surface area contributed by atoms with Gasteiger partial charge in [0.15, 0.2) is 10.1 Å². The molecule has 6 heteroatoms. The molecule has 4 nitrogen and oxygen atoms in total. The minimum atomic E-state index is 0.379. The minimum Gasteiger partial charge on any atom is -0.492 e. The molecule has 0 bridgehead atoms. The maximum Gasteiger partial charge on any atom is 0.157 e. The Balaban J connectivity index is 2.84. The van der Waals surface area contributed by atoms with Crippen molar-refractivity contribution in [3.63, 3.8) is 0 Å². The molecule has 0 spiro atoms. The standard InChI is InChI=1S/C14H19NO3S2/c1-10(19)17-8-12-3-4-14(16-6-5-15)7-13(12)9-18-11(2)20/h3-4,7H,5-6,8-9,15H2,1-2H3. The molecule has 0 saturated heterocycles. The van der Waals surface area contributed by atoms with Crippen LogP contribution in [0.2, 0.25) is 0 Å². The lowest BCUT2D eigenvalue weighted by Gasteiger charge is -2.13. The van der Waals surface area contributed by atoms with Crippen LogP contribution in [-0.2, 0) is 22.7 Å². The third kappa shape index (κ3) is 6.27. The molecular weight excluding hydrogens is 294 g/mol. The highest BCUT2D eigenvalue weighted by Crippen LogP contribution is 2.20. The first-order valence-corrected chi connectivity index (χ1v) is 7.06. The largest absolute Gasteiger partial charge is 0.492 e. The van der Waals surface area contributed by atoms with Crippen LogP contribution in [0, 0.1) is 0 Å². The average Bonchev–Trinajstić information content (AvgIpc) is 2.41. The Morgan fingerprint density at radius 3 is 2.20 bits per heavy atom. The van der Waals surface area contributed by atoms with Crippen LogP contribution >= 0.6 is 24.4 Å². The molecule has 0 aliphatic rings. The zero-order valence-corrected chi connectivity index (χ0v) is 13.3. The van der Waals surface area contributed by atoms with Gasteiger partial charge in [-0.1, -0.05) is 6.07 Å². The predicted molar refractivity (Wildman–Crippen MR) is 87.1 cm³/mol. The Labute approximate surface area is 130 Å². The summed E-state index contributed by atoms with van der Waals surface area (Å²) in [5, 5.41) is 1.00. The van der Waals surface area contributed by atoms with E-state index in [0.717, 1.165) is 16.9 Å². The number of hydrogen-bond acceptors (Lipinski definition) is 6. The second-order valence-electron chi connectivity index (χ2n) is 4.13. The van der Waals surface area contributed by atoms with Crippen molar-refractivity contribution in [1.29, 1.82) is 0 Å². The Morgan fingerprint density at radius 2 is 1.65 bits per heavy atom. The number of hydrogen-bond donors (Lipinski definition) is 1. The molecular formula is C14H19NO3S2. The third-order valence-corrected chi connectivity index (χ3v) is 2.66.